The molecule has 124 valence electrons. The molecule has 0 fully saturated rings. The maximum absolute atomic E-state index is 13.3. The largest absolute Gasteiger partial charge is 0.481 e. The lowest BCUT2D eigenvalue weighted by Crippen LogP contribution is -2.32. The summed E-state index contributed by atoms with van der Waals surface area (Å²) in [5.74, 6) is -1.62. The molecule has 1 aromatic heterocycles. The molecule has 2 rings (SSSR count). The third kappa shape index (κ3) is 4.40. The van der Waals surface area contributed by atoms with Crippen LogP contribution in [0.2, 0.25) is 0 Å². The van der Waals surface area contributed by atoms with E-state index in [1.54, 1.807) is 13.0 Å². The van der Waals surface area contributed by atoms with E-state index in [4.69, 9.17) is 9.52 Å². The van der Waals surface area contributed by atoms with Crippen molar-refractivity contribution in [1.82, 2.24) is 4.31 Å². The number of furan rings is 1. The molecule has 0 radical (unpaired) electrons. The molecule has 1 aromatic carbocycles. The molecule has 23 heavy (non-hydrogen) atoms. The highest BCUT2D eigenvalue weighted by atomic mass is 32.2. The van der Waals surface area contributed by atoms with Crippen LogP contribution in [0.5, 0.6) is 0 Å². The van der Waals surface area contributed by atoms with Gasteiger partial charge in [0.1, 0.15) is 5.82 Å². The lowest BCUT2D eigenvalue weighted by molar-refractivity contribution is -0.137. The number of hydrogen-bond donors (Lipinski definition) is 1. The van der Waals surface area contributed by atoms with Gasteiger partial charge in [0, 0.05) is 19.2 Å². The summed E-state index contributed by atoms with van der Waals surface area (Å²) in [4.78, 5) is 10.8. The maximum Gasteiger partial charge on any atom is 0.304 e. The van der Waals surface area contributed by atoms with Crippen LogP contribution < -0.4 is 0 Å². The van der Waals surface area contributed by atoms with Gasteiger partial charge in [0.05, 0.1) is 12.7 Å². The van der Waals surface area contributed by atoms with Crippen LogP contribution in [0.25, 0.3) is 0 Å². The third-order valence-corrected chi connectivity index (χ3v) is 4.84. The zero-order chi connectivity index (χ0) is 17.0. The second-order valence-electron chi connectivity index (χ2n) is 5.06. The van der Waals surface area contributed by atoms with Gasteiger partial charge >= 0.3 is 5.97 Å². The molecule has 0 atom stereocenters. The van der Waals surface area contributed by atoms with Crippen molar-refractivity contribution in [2.75, 3.05) is 6.54 Å². The number of aryl methyl sites for hydroxylation is 1. The molecule has 0 aliphatic heterocycles. The molecule has 8 heteroatoms. The summed E-state index contributed by atoms with van der Waals surface area (Å²) in [6, 6.07) is 6.84. The SMILES string of the molecule is Cc1coc(S(=O)(=O)N(CCC(=O)O)Cc2cccc(F)c2)c1. The number of carbonyl (C=O) groups is 1. The molecule has 0 saturated carbocycles. The molecule has 1 N–H and O–H groups in total. The molecule has 0 saturated heterocycles. The van der Waals surface area contributed by atoms with Crippen LogP contribution >= 0.6 is 0 Å². The van der Waals surface area contributed by atoms with Crippen molar-refractivity contribution in [1.29, 1.82) is 0 Å². The quantitative estimate of drug-likeness (QED) is 0.835. The highest BCUT2D eigenvalue weighted by Gasteiger charge is 2.28. The molecule has 0 spiro atoms. The number of aliphatic carboxylic acids is 1. The minimum Gasteiger partial charge on any atom is -0.481 e. The van der Waals surface area contributed by atoms with Crippen molar-refractivity contribution in [2.45, 2.75) is 25.0 Å². The fourth-order valence-corrected chi connectivity index (χ4v) is 3.42. The average Bonchev–Trinajstić information content (AvgIpc) is 2.90. The zero-order valence-corrected chi connectivity index (χ0v) is 13.2. The Kier molecular flexibility index (Phi) is 5.17. The van der Waals surface area contributed by atoms with E-state index in [2.05, 4.69) is 0 Å². The van der Waals surface area contributed by atoms with Crippen LogP contribution in [-0.2, 0) is 21.4 Å². The molecule has 2 aromatic rings. The van der Waals surface area contributed by atoms with E-state index in [9.17, 15) is 17.6 Å². The highest BCUT2D eigenvalue weighted by Crippen LogP contribution is 2.21. The molecule has 0 bridgehead atoms. The first-order valence-corrected chi connectivity index (χ1v) is 8.24. The number of carboxylic acid groups (broad SMARTS) is 1. The Bertz CT molecular complexity index is 800. The van der Waals surface area contributed by atoms with Crippen molar-refractivity contribution in [3.05, 3.63) is 53.5 Å². The number of sulfonamides is 1. The van der Waals surface area contributed by atoms with Crippen molar-refractivity contribution >= 4 is 16.0 Å². The summed E-state index contributed by atoms with van der Waals surface area (Å²) in [5, 5.41) is 8.54. The van der Waals surface area contributed by atoms with Crippen LogP contribution in [-0.4, -0.2) is 30.3 Å². The second kappa shape index (κ2) is 6.93. The van der Waals surface area contributed by atoms with Gasteiger partial charge in [-0.25, -0.2) is 12.8 Å². The van der Waals surface area contributed by atoms with E-state index in [0.717, 1.165) is 4.31 Å². The van der Waals surface area contributed by atoms with E-state index in [1.165, 1.54) is 30.5 Å². The van der Waals surface area contributed by atoms with E-state index in [0.29, 0.717) is 11.1 Å². The predicted octanol–water partition coefficient (Wildman–Crippen LogP) is 2.39. The molecule has 0 aliphatic carbocycles. The Labute approximate surface area is 133 Å². The maximum atomic E-state index is 13.3. The van der Waals surface area contributed by atoms with Gasteiger partial charge in [0.2, 0.25) is 5.09 Å². The first-order valence-electron chi connectivity index (χ1n) is 6.80. The van der Waals surface area contributed by atoms with Gasteiger partial charge in [-0.05, 0) is 30.2 Å². The molecule has 0 aliphatic rings. The summed E-state index contributed by atoms with van der Waals surface area (Å²) < 4.78 is 44.5. The molecule has 1 heterocycles. The van der Waals surface area contributed by atoms with Gasteiger partial charge < -0.3 is 9.52 Å². The third-order valence-electron chi connectivity index (χ3n) is 3.12. The summed E-state index contributed by atoms with van der Waals surface area (Å²) in [6.45, 7) is 1.29. The van der Waals surface area contributed by atoms with Crippen molar-refractivity contribution in [3.8, 4) is 0 Å². The Morgan fingerprint density at radius 3 is 2.65 bits per heavy atom. The van der Waals surface area contributed by atoms with Gasteiger partial charge in [0.25, 0.3) is 10.0 Å². The number of rotatable bonds is 7. The van der Waals surface area contributed by atoms with Crippen LogP contribution in [0, 0.1) is 12.7 Å². The van der Waals surface area contributed by atoms with Crippen molar-refractivity contribution < 1.29 is 27.1 Å². The van der Waals surface area contributed by atoms with Crippen LogP contribution in [0.15, 0.2) is 46.1 Å². The summed E-state index contributed by atoms with van der Waals surface area (Å²) in [7, 11) is -4.01. The van der Waals surface area contributed by atoms with Gasteiger partial charge in [-0.1, -0.05) is 12.1 Å². The summed E-state index contributed by atoms with van der Waals surface area (Å²) in [5.41, 5.74) is 1.05. The molecule has 0 unspecified atom stereocenters. The van der Waals surface area contributed by atoms with Gasteiger partial charge in [0.15, 0.2) is 0 Å². The van der Waals surface area contributed by atoms with Gasteiger partial charge in [-0.2, -0.15) is 4.31 Å². The Morgan fingerprint density at radius 2 is 2.09 bits per heavy atom. The minimum absolute atomic E-state index is 0.146. The first kappa shape index (κ1) is 17.2. The normalized spacial score (nSPS) is 11.8. The van der Waals surface area contributed by atoms with Crippen LogP contribution in [0.1, 0.15) is 17.5 Å². The van der Waals surface area contributed by atoms with E-state index in [-0.39, 0.29) is 24.6 Å². The second-order valence-corrected chi connectivity index (χ2v) is 6.92. The van der Waals surface area contributed by atoms with Gasteiger partial charge in [-0.15, -0.1) is 0 Å². The smallest absolute Gasteiger partial charge is 0.304 e. The van der Waals surface area contributed by atoms with Crippen molar-refractivity contribution in [2.24, 2.45) is 0 Å². The zero-order valence-electron chi connectivity index (χ0n) is 12.4. The molecule has 0 amide bonds. The lowest BCUT2D eigenvalue weighted by Gasteiger charge is -2.20. The number of halogens is 1. The average molecular weight is 341 g/mol. The molecular weight excluding hydrogens is 325 g/mol. The first-order chi connectivity index (χ1) is 10.8. The Hall–Kier alpha value is -2.19. The predicted molar refractivity (Wildman–Crippen MR) is 79.7 cm³/mol. The van der Waals surface area contributed by atoms with Gasteiger partial charge in [-0.3, -0.25) is 4.79 Å². The Balaban J connectivity index is 2.31. The van der Waals surface area contributed by atoms with Crippen molar-refractivity contribution in [3.63, 3.8) is 0 Å². The van der Waals surface area contributed by atoms with E-state index >= 15 is 0 Å². The standard InChI is InChI=1S/C15H16FNO5S/c1-11-7-15(22-10-11)23(20,21)17(6-5-14(18)19)9-12-3-2-4-13(16)8-12/h2-4,7-8,10H,5-6,9H2,1H3,(H,18,19). The number of carboxylic acids is 1. The lowest BCUT2D eigenvalue weighted by atomic mass is 10.2. The number of nitrogens with zero attached hydrogens (tertiary/aromatic N) is 1. The van der Waals surface area contributed by atoms with Crippen LogP contribution in [0.4, 0.5) is 4.39 Å². The number of benzene rings is 1. The van der Waals surface area contributed by atoms with E-state index in [1.807, 2.05) is 0 Å². The fourth-order valence-electron chi connectivity index (χ4n) is 2.01. The minimum atomic E-state index is -4.01. The Morgan fingerprint density at radius 1 is 1.35 bits per heavy atom. The molecular formula is C15H16FNO5S. The molecule has 6 nitrogen and oxygen atoms in total. The highest BCUT2D eigenvalue weighted by molar-refractivity contribution is 7.89. The summed E-state index contributed by atoms with van der Waals surface area (Å²) >= 11 is 0. The summed E-state index contributed by atoms with van der Waals surface area (Å²) in [6.07, 6.45) is 0.929. The topological polar surface area (TPSA) is 87.8 Å². The van der Waals surface area contributed by atoms with E-state index < -0.39 is 21.8 Å². The monoisotopic (exact) mass is 341 g/mol. The van der Waals surface area contributed by atoms with Crippen LogP contribution in [0.3, 0.4) is 0 Å². The fraction of sp³-hybridized carbons (Fsp3) is 0.267. The number of hydrogen-bond acceptors (Lipinski definition) is 4.